The maximum Gasteiger partial charge on any atom is 0.200 e. The summed E-state index contributed by atoms with van der Waals surface area (Å²) in [7, 11) is 0. The summed E-state index contributed by atoms with van der Waals surface area (Å²) < 4.78 is 24.9. The predicted molar refractivity (Wildman–Crippen MR) is 40.7 cm³/mol. The van der Waals surface area contributed by atoms with Crippen LogP contribution in [0.15, 0.2) is 12.1 Å². The van der Waals surface area contributed by atoms with Crippen LogP contribution in [0.2, 0.25) is 0 Å². The number of hydrogen-bond acceptors (Lipinski definition) is 1. The summed E-state index contributed by atoms with van der Waals surface area (Å²) in [6.45, 7) is 0. The molecular weight excluding hydrogens is 218 g/mol. The highest BCUT2D eigenvalue weighted by atomic mass is 79.9. The average molecular weight is 223 g/mol. The van der Waals surface area contributed by atoms with Crippen LogP contribution in [0.5, 0.6) is 5.75 Å². The van der Waals surface area contributed by atoms with Gasteiger partial charge in [0.05, 0.1) is 0 Å². The second-order valence-corrected chi connectivity index (χ2v) is 2.61. The van der Waals surface area contributed by atoms with Crippen LogP contribution in [0.4, 0.5) is 8.78 Å². The first-order valence-corrected chi connectivity index (χ1v) is 4.00. The summed E-state index contributed by atoms with van der Waals surface area (Å²) in [6.07, 6.45) is 0. The van der Waals surface area contributed by atoms with Gasteiger partial charge in [-0.3, -0.25) is 0 Å². The van der Waals surface area contributed by atoms with Crippen LogP contribution < -0.4 is 0 Å². The number of rotatable bonds is 1. The molecule has 0 aliphatic carbocycles. The van der Waals surface area contributed by atoms with E-state index in [1.807, 2.05) is 0 Å². The van der Waals surface area contributed by atoms with Crippen molar-refractivity contribution in [2.45, 2.75) is 5.33 Å². The van der Waals surface area contributed by atoms with Crippen molar-refractivity contribution in [1.82, 2.24) is 0 Å². The van der Waals surface area contributed by atoms with Crippen molar-refractivity contribution in [3.05, 3.63) is 29.3 Å². The zero-order chi connectivity index (χ0) is 8.43. The summed E-state index contributed by atoms with van der Waals surface area (Å²) in [4.78, 5) is 0. The zero-order valence-electron chi connectivity index (χ0n) is 5.44. The van der Waals surface area contributed by atoms with Gasteiger partial charge >= 0.3 is 0 Å². The smallest absolute Gasteiger partial charge is 0.200 e. The first kappa shape index (κ1) is 8.46. The number of benzene rings is 1. The van der Waals surface area contributed by atoms with E-state index in [1.54, 1.807) is 0 Å². The van der Waals surface area contributed by atoms with Crippen LogP contribution in [-0.2, 0) is 5.33 Å². The van der Waals surface area contributed by atoms with E-state index in [0.29, 0.717) is 10.9 Å². The minimum absolute atomic E-state index is 0.387. The SMILES string of the molecule is Oc1cc(CBr)cc(F)c1F. The Morgan fingerprint density at radius 1 is 1.36 bits per heavy atom. The number of halogens is 3. The Bertz CT molecular complexity index is 252. The van der Waals surface area contributed by atoms with E-state index < -0.39 is 17.4 Å². The van der Waals surface area contributed by atoms with Gasteiger partial charge in [-0.2, -0.15) is 4.39 Å². The molecule has 1 N–H and O–H groups in total. The largest absolute Gasteiger partial charge is 0.505 e. The summed E-state index contributed by atoms with van der Waals surface area (Å²) in [5.41, 5.74) is 0.501. The third-order valence-corrected chi connectivity index (χ3v) is 1.87. The van der Waals surface area contributed by atoms with Gasteiger partial charge in [0.1, 0.15) is 0 Å². The Hall–Kier alpha value is -0.640. The topological polar surface area (TPSA) is 20.2 Å². The van der Waals surface area contributed by atoms with Gasteiger partial charge in [-0.1, -0.05) is 15.9 Å². The Kier molecular flexibility index (Phi) is 2.44. The lowest BCUT2D eigenvalue weighted by molar-refractivity contribution is 0.406. The normalized spacial score (nSPS) is 10.1. The van der Waals surface area contributed by atoms with E-state index in [-0.39, 0.29) is 0 Å². The van der Waals surface area contributed by atoms with Crippen molar-refractivity contribution in [2.75, 3.05) is 0 Å². The number of phenolic OH excluding ortho intramolecular Hbond substituents is 1. The predicted octanol–water partition coefficient (Wildman–Crippen LogP) is 2.57. The average Bonchev–Trinajstić information content (AvgIpc) is 1.99. The van der Waals surface area contributed by atoms with Gasteiger partial charge < -0.3 is 5.11 Å². The molecule has 0 radical (unpaired) electrons. The molecule has 1 rings (SSSR count). The molecule has 0 atom stereocenters. The lowest BCUT2D eigenvalue weighted by Gasteiger charge is -1.99. The highest BCUT2D eigenvalue weighted by molar-refractivity contribution is 9.08. The summed E-state index contributed by atoms with van der Waals surface area (Å²) in [5, 5.41) is 9.16. The van der Waals surface area contributed by atoms with Gasteiger partial charge in [0.15, 0.2) is 17.4 Å². The molecule has 0 heterocycles. The van der Waals surface area contributed by atoms with Crippen LogP contribution in [0, 0.1) is 11.6 Å². The van der Waals surface area contributed by atoms with Gasteiger partial charge in [0.2, 0.25) is 0 Å². The molecule has 1 aromatic rings. The zero-order valence-corrected chi connectivity index (χ0v) is 7.03. The van der Waals surface area contributed by atoms with E-state index in [4.69, 9.17) is 5.11 Å². The molecule has 0 aromatic heterocycles. The number of aromatic hydroxyl groups is 1. The van der Waals surface area contributed by atoms with Crippen LogP contribution in [0.1, 0.15) is 5.56 Å². The third-order valence-electron chi connectivity index (χ3n) is 1.22. The van der Waals surface area contributed by atoms with Crippen molar-refractivity contribution in [2.24, 2.45) is 0 Å². The molecule has 0 aliphatic rings. The Balaban J connectivity index is 3.21. The summed E-state index contributed by atoms with van der Waals surface area (Å²) in [6, 6.07) is 2.21. The fourth-order valence-corrected chi connectivity index (χ4v) is 1.03. The molecule has 0 unspecified atom stereocenters. The standard InChI is InChI=1S/C7H5BrF2O/c8-3-4-1-5(9)7(10)6(11)2-4/h1-2,11H,3H2. The van der Waals surface area contributed by atoms with Crippen LogP contribution in [0.3, 0.4) is 0 Å². The maximum atomic E-state index is 12.5. The molecule has 0 saturated heterocycles. The van der Waals surface area contributed by atoms with E-state index >= 15 is 0 Å². The first-order valence-electron chi connectivity index (χ1n) is 2.88. The van der Waals surface area contributed by atoms with E-state index in [0.717, 1.165) is 6.07 Å². The van der Waals surface area contributed by atoms with Crippen LogP contribution >= 0.6 is 15.9 Å². The van der Waals surface area contributed by atoms with Crippen molar-refractivity contribution < 1.29 is 13.9 Å². The molecule has 11 heavy (non-hydrogen) atoms. The molecule has 0 saturated carbocycles. The summed E-state index contributed by atoms with van der Waals surface area (Å²) in [5.74, 6) is -2.88. The minimum atomic E-state index is -1.20. The second-order valence-electron chi connectivity index (χ2n) is 2.04. The van der Waals surface area contributed by atoms with Gasteiger partial charge in [-0.15, -0.1) is 0 Å². The van der Waals surface area contributed by atoms with E-state index in [2.05, 4.69) is 15.9 Å². The Morgan fingerprint density at radius 2 is 2.00 bits per heavy atom. The molecule has 0 amide bonds. The molecular formula is C7H5BrF2O. The second kappa shape index (κ2) is 3.17. The lowest BCUT2D eigenvalue weighted by atomic mass is 10.2. The first-order chi connectivity index (χ1) is 5.15. The van der Waals surface area contributed by atoms with Crippen molar-refractivity contribution in [3.63, 3.8) is 0 Å². The van der Waals surface area contributed by atoms with Gasteiger partial charge in [0.25, 0.3) is 0 Å². The number of hydrogen-bond donors (Lipinski definition) is 1. The Labute approximate surface area is 70.8 Å². The van der Waals surface area contributed by atoms with Crippen LogP contribution in [0.25, 0.3) is 0 Å². The number of alkyl halides is 1. The van der Waals surface area contributed by atoms with Crippen molar-refractivity contribution >= 4 is 15.9 Å². The molecule has 60 valence electrons. The van der Waals surface area contributed by atoms with E-state index in [1.165, 1.54) is 6.07 Å². The lowest BCUT2D eigenvalue weighted by Crippen LogP contribution is -1.87. The monoisotopic (exact) mass is 222 g/mol. The maximum absolute atomic E-state index is 12.5. The highest BCUT2D eigenvalue weighted by Crippen LogP contribution is 2.21. The summed E-state index contributed by atoms with van der Waals surface area (Å²) >= 11 is 3.05. The third kappa shape index (κ3) is 1.68. The molecule has 0 aliphatic heterocycles. The fourth-order valence-electron chi connectivity index (χ4n) is 0.706. The van der Waals surface area contributed by atoms with E-state index in [9.17, 15) is 8.78 Å². The molecule has 0 spiro atoms. The molecule has 0 bridgehead atoms. The van der Waals surface area contributed by atoms with Gasteiger partial charge in [0, 0.05) is 5.33 Å². The fraction of sp³-hybridized carbons (Fsp3) is 0.143. The molecule has 1 aromatic carbocycles. The quantitative estimate of drug-likeness (QED) is 0.725. The molecule has 1 nitrogen and oxygen atoms in total. The molecule has 0 fully saturated rings. The van der Waals surface area contributed by atoms with Crippen molar-refractivity contribution in [1.29, 1.82) is 0 Å². The Morgan fingerprint density at radius 3 is 2.45 bits per heavy atom. The highest BCUT2D eigenvalue weighted by Gasteiger charge is 2.08. The van der Waals surface area contributed by atoms with Crippen LogP contribution in [-0.4, -0.2) is 5.11 Å². The minimum Gasteiger partial charge on any atom is -0.505 e. The van der Waals surface area contributed by atoms with Gasteiger partial charge in [-0.05, 0) is 17.7 Å². The number of phenols is 1. The van der Waals surface area contributed by atoms with Crippen molar-refractivity contribution in [3.8, 4) is 5.75 Å². The van der Waals surface area contributed by atoms with Gasteiger partial charge in [-0.25, -0.2) is 4.39 Å². The molecule has 4 heteroatoms.